The van der Waals surface area contributed by atoms with Gasteiger partial charge in [0.2, 0.25) is 0 Å². The fourth-order valence-electron chi connectivity index (χ4n) is 3.08. The zero-order valence-electron chi connectivity index (χ0n) is 13.5. The van der Waals surface area contributed by atoms with Crippen LogP contribution in [0, 0.1) is 5.92 Å². The molecule has 0 saturated carbocycles. The van der Waals surface area contributed by atoms with E-state index in [9.17, 15) is 0 Å². The summed E-state index contributed by atoms with van der Waals surface area (Å²) in [4.78, 5) is 9.31. The van der Waals surface area contributed by atoms with Gasteiger partial charge in [-0.05, 0) is 45.8 Å². The number of hydrogen-bond donors (Lipinski definition) is 0. The Kier molecular flexibility index (Phi) is 5.61. The monoisotopic (exact) mass is 278 g/mol. The van der Waals surface area contributed by atoms with Crippen LogP contribution in [-0.4, -0.2) is 52.6 Å². The average Bonchev–Trinajstić information content (AvgIpc) is 2.65. The van der Waals surface area contributed by atoms with Crippen molar-refractivity contribution in [2.45, 2.75) is 52.2 Å². The van der Waals surface area contributed by atoms with Crippen LogP contribution in [0.4, 0.5) is 0 Å². The maximum Gasteiger partial charge on any atom is 0.0948 e. The molecule has 1 saturated heterocycles. The highest BCUT2D eigenvalue weighted by molar-refractivity contribution is 4.99. The van der Waals surface area contributed by atoms with Crippen molar-refractivity contribution in [1.82, 2.24) is 19.4 Å². The average molecular weight is 278 g/mol. The predicted molar refractivity (Wildman–Crippen MR) is 83.7 cm³/mol. The Labute approximate surface area is 123 Å². The number of rotatable bonds is 5. The van der Waals surface area contributed by atoms with Gasteiger partial charge in [0.15, 0.2) is 0 Å². The van der Waals surface area contributed by atoms with Crippen LogP contribution in [0.5, 0.6) is 0 Å². The first-order chi connectivity index (χ1) is 9.56. The van der Waals surface area contributed by atoms with Gasteiger partial charge < -0.3 is 9.47 Å². The van der Waals surface area contributed by atoms with Crippen LogP contribution in [-0.2, 0) is 13.1 Å². The van der Waals surface area contributed by atoms with Gasteiger partial charge in [0, 0.05) is 31.9 Å². The second-order valence-corrected chi connectivity index (χ2v) is 6.76. The van der Waals surface area contributed by atoms with Crippen LogP contribution < -0.4 is 0 Å². The van der Waals surface area contributed by atoms with E-state index in [-0.39, 0.29) is 0 Å². The third kappa shape index (κ3) is 4.32. The van der Waals surface area contributed by atoms with E-state index in [1.54, 1.807) is 0 Å². The molecule has 0 aliphatic carbocycles. The van der Waals surface area contributed by atoms with Crippen molar-refractivity contribution < 1.29 is 0 Å². The van der Waals surface area contributed by atoms with E-state index in [1.807, 2.05) is 12.5 Å². The fourth-order valence-corrected chi connectivity index (χ4v) is 3.08. The van der Waals surface area contributed by atoms with Gasteiger partial charge >= 0.3 is 0 Å². The van der Waals surface area contributed by atoms with Crippen LogP contribution in [0.2, 0.25) is 0 Å². The largest absolute Gasteiger partial charge is 0.333 e. The lowest BCUT2D eigenvalue weighted by Gasteiger charge is -2.23. The molecule has 1 unspecified atom stereocenters. The lowest BCUT2D eigenvalue weighted by atomic mass is 10.1. The highest BCUT2D eigenvalue weighted by Gasteiger charge is 2.19. The summed E-state index contributed by atoms with van der Waals surface area (Å²) in [5.74, 6) is 0.671. The third-order valence-corrected chi connectivity index (χ3v) is 4.27. The Bertz CT molecular complexity index is 397. The van der Waals surface area contributed by atoms with E-state index in [4.69, 9.17) is 0 Å². The Balaban J connectivity index is 1.92. The van der Waals surface area contributed by atoms with Crippen LogP contribution in [0.25, 0.3) is 0 Å². The highest BCUT2D eigenvalue weighted by Crippen LogP contribution is 2.17. The van der Waals surface area contributed by atoms with Gasteiger partial charge in [-0.2, -0.15) is 0 Å². The van der Waals surface area contributed by atoms with E-state index in [0.717, 1.165) is 19.1 Å². The molecule has 1 aromatic heterocycles. The number of imidazole rings is 1. The van der Waals surface area contributed by atoms with Crippen LogP contribution in [0.1, 0.15) is 38.8 Å². The Hall–Kier alpha value is -0.870. The normalized spacial score (nSPS) is 21.6. The second-order valence-electron chi connectivity index (χ2n) is 6.76. The van der Waals surface area contributed by atoms with Crippen LogP contribution >= 0.6 is 0 Å². The second kappa shape index (κ2) is 7.23. The molecule has 1 atom stereocenters. The lowest BCUT2D eigenvalue weighted by Crippen LogP contribution is -2.30. The van der Waals surface area contributed by atoms with Gasteiger partial charge in [-0.1, -0.05) is 13.8 Å². The summed E-state index contributed by atoms with van der Waals surface area (Å²) < 4.78 is 2.32. The first kappa shape index (κ1) is 15.5. The van der Waals surface area contributed by atoms with E-state index in [2.05, 4.69) is 47.3 Å². The molecule has 2 rings (SSSR count). The zero-order valence-corrected chi connectivity index (χ0v) is 13.5. The molecule has 0 aromatic carbocycles. The molecule has 0 bridgehead atoms. The maximum absolute atomic E-state index is 4.34. The molecule has 0 spiro atoms. The van der Waals surface area contributed by atoms with Crippen molar-refractivity contribution in [3.63, 3.8) is 0 Å². The molecule has 1 aliphatic heterocycles. The van der Waals surface area contributed by atoms with Gasteiger partial charge in [0.25, 0.3) is 0 Å². The molecule has 1 aliphatic rings. The minimum Gasteiger partial charge on any atom is -0.333 e. The van der Waals surface area contributed by atoms with Crippen molar-refractivity contribution >= 4 is 0 Å². The summed E-state index contributed by atoms with van der Waals surface area (Å²) in [5, 5.41) is 0. The van der Waals surface area contributed by atoms with Gasteiger partial charge in [-0.15, -0.1) is 0 Å². The molecule has 114 valence electrons. The number of hydrogen-bond acceptors (Lipinski definition) is 3. The summed E-state index contributed by atoms with van der Waals surface area (Å²) in [6, 6.07) is 0.751. The van der Waals surface area contributed by atoms with Gasteiger partial charge in [0.05, 0.1) is 12.0 Å². The van der Waals surface area contributed by atoms with Crippen LogP contribution in [0.15, 0.2) is 12.5 Å². The minimum absolute atomic E-state index is 0.671. The van der Waals surface area contributed by atoms with E-state index in [1.165, 1.54) is 38.0 Å². The SMILES string of the molecule is CC(C)Cn1cncc1CN1CCCC(N(C)C)CC1. The lowest BCUT2D eigenvalue weighted by molar-refractivity contribution is 0.241. The first-order valence-electron chi connectivity index (χ1n) is 7.94. The Morgan fingerprint density at radius 1 is 1.30 bits per heavy atom. The quantitative estimate of drug-likeness (QED) is 0.827. The van der Waals surface area contributed by atoms with Crippen LogP contribution in [0.3, 0.4) is 0 Å². The summed E-state index contributed by atoms with van der Waals surface area (Å²) in [6.45, 7) is 9.07. The van der Waals surface area contributed by atoms with E-state index in [0.29, 0.717) is 5.92 Å². The Morgan fingerprint density at radius 3 is 2.80 bits per heavy atom. The molecule has 0 amide bonds. The van der Waals surface area contributed by atoms with Gasteiger partial charge in [0.1, 0.15) is 0 Å². The fraction of sp³-hybridized carbons (Fsp3) is 0.812. The molecule has 2 heterocycles. The summed E-state index contributed by atoms with van der Waals surface area (Å²) in [7, 11) is 4.41. The topological polar surface area (TPSA) is 24.3 Å². The highest BCUT2D eigenvalue weighted by atomic mass is 15.2. The molecule has 1 aromatic rings. The molecule has 0 N–H and O–H groups in total. The third-order valence-electron chi connectivity index (χ3n) is 4.27. The van der Waals surface area contributed by atoms with Gasteiger partial charge in [-0.3, -0.25) is 4.90 Å². The molecule has 0 radical (unpaired) electrons. The first-order valence-corrected chi connectivity index (χ1v) is 7.94. The number of aromatic nitrogens is 2. The van der Waals surface area contributed by atoms with E-state index < -0.39 is 0 Å². The molecule has 4 nitrogen and oxygen atoms in total. The molecule has 20 heavy (non-hydrogen) atoms. The molecular weight excluding hydrogens is 248 g/mol. The standard InChI is InChI=1S/C16H30N4/c1-14(2)11-20-13-17-10-16(20)12-19-8-5-6-15(7-9-19)18(3)4/h10,13-15H,5-9,11-12H2,1-4H3. The minimum atomic E-state index is 0.671. The number of likely N-dealkylation sites (tertiary alicyclic amines) is 1. The summed E-state index contributed by atoms with van der Waals surface area (Å²) in [6.07, 6.45) is 7.94. The van der Waals surface area contributed by atoms with Crippen molar-refractivity contribution in [2.75, 3.05) is 27.2 Å². The maximum atomic E-state index is 4.34. The Morgan fingerprint density at radius 2 is 2.10 bits per heavy atom. The smallest absolute Gasteiger partial charge is 0.0948 e. The predicted octanol–water partition coefficient (Wildman–Crippen LogP) is 2.46. The molecule has 1 fully saturated rings. The van der Waals surface area contributed by atoms with Crippen molar-refractivity contribution in [3.8, 4) is 0 Å². The zero-order chi connectivity index (χ0) is 14.5. The summed E-state index contributed by atoms with van der Waals surface area (Å²) >= 11 is 0. The molecule has 4 heteroatoms. The molecular formula is C16H30N4. The van der Waals surface area contributed by atoms with E-state index >= 15 is 0 Å². The van der Waals surface area contributed by atoms with Crippen molar-refractivity contribution in [1.29, 1.82) is 0 Å². The van der Waals surface area contributed by atoms with Gasteiger partial charge in [-0.25, -0.2) is 4.98 Å². The number of nitrogens with zero attached hydrogens (tertiary/aromatic N) is 4. The van der Waals surface area contributed by atoms with Crippen molar-refractivity contribution in [2.24, 2.45) is 5.92 Å². The summed E-state index contributed by atoms with van der Waals surface area (Å²) in [5.41, 5.74) is 1.36. The van der Waals surface area contributed by atoms with Crippen molar-refractivity contribution in [3.05, 3.63) is 18.2 Å².